The normalized spacial score (nSPS) is 14.7. The fraction of sp³-hybridized carbons (Fsp3) is 0.800. The first kappa shape index (κ1) is 15.2. The number of aromatic nitrogens is 2. The second-order valence-corrected chi connectivity index (χ2v) is 5.29. The Labute approximate surface area is 112 Å². The van der Waals surface area contributed by atoms with Crippen molar-refractivity contribution in [2.24, 2.45) is 5.92 Å². The molecule has 0 bridgehead atoms. The summed E-state index contributed by atoms with van der Waals surface area (Å²) in [7, 11) is 0. The summed E-state index contributed by atoms with van der Waals surface area (Å²) < 4.78 is 2.06. The van der Waals surface area contributed by atoms with Gasteiger partial charge in [-0.25, -0.2) is 0 Å². The van der Waals surface area contributed by atoms with Crippen molar-refractivity contribution < 1.29 is 0 Å². The van der Waals surface area contributed by atoms with E-state index >= 15 is 0 Å². The van der Waals surface area contributed by atoms with E-state index in [0.29, 0.717) is 6.04 Å². The molecule has 0 aliphatic rings. The maximum absolute atomic E-state index is 4.44. The van der Waals surface area contributed by atoms with Gasteiger partial charge in [-0.2, -0.15) is 5.10 Å². The lowest BCUT2D eigenvalue weighted by Gasteiger charge is -2.20. The Morgan fingerprint density at radius 1 is 1.28 bits per heavy atom. The Kier molecular flexibility index (Phi) is 7.02. The van der Waals surface area contributed by atoms with Crippen molar-refractivity contribution in [2.45, 2.75) is 66.0 Å². The van der Waals surface area contributed by atoms with Crippen molar-refractivity contribution >= 4 is 0 Å². The summed E-state index contributed by atoms with van der Waals surface area (Å²) in [5.41, 5.74) is 1.34. The predicted molar refractivity (Wildman–Crippen MR) is 77.6 cm³/mol. The standard InChI is InChI=1S/C15H29N3/c1-5-8-16-15(10-13(4)7-3)14-11-17-18(12-14)9-6-2/h11-13,15-16H,5-10H2,1-4H3. The molecule has 1 aromatic rings. The van der Waals surface area contributed by atoms with Gasteiger partial charge in [0, 0.05) is 24.3 Å². The summed E-state index contributed by atoms with van der Waals surface area (Å²) >= 11 is 0. The highest BCUT2D eigenvalue weighted by molar-refractivity contribution is 5.10. The zero-order chi connectivity index (χ0) is 13.4. The van der Waals surface area contributed by atoms with Crippen LogP contribution in [-0.2, 0) is 6.54 Å². The summed E-state index contributed by atoms with van der Waals surface area (Å²) in [6.45, 7) is 11.1. The molecule has 2 unspecified atom stereocenters. The van der Waals surface area contributed by atoms with Crippen molar-refractivity contribution in [3.63, 3.8) is 0 Å². The molecule has 0 aliphatic carbocycles. The second-order valence-electron chi connectivity index (χ2n) is 5.29. The number of rotatable bonds is 9. The molecular weight excluding hydrogens is 222 g/mol. The molecule has 0 saturated carbocycles. The molecule has 1 aromatic heterocycles. The highest BCUT2D eigenvalue weighted by Gasteiger charge is 2.15. The molecule has 1 rings (SSSR count). The van der Waals surface area contributed by atoms with E-state index in [2.05, 4.69) is 49.0 Å². The van der Waals surface area contributed by atoms with E-state index in [1.54, 1.807) is 0 Å². The molecule has 1 heterocycles. The van der Waals surface area contributed by atoms with Crippen molar-refractivity contribution in [2.75, 3.05) is 6.54 Å². The second kappa shape index (κ2) is 8.30. The SMILES string of the molecule is CCCNC(CC(C)CC)c1cnn(CCC)c1. The third-order valence-electron chi connectivity index (χ3n) is 3.48. The van der Waals surface area contributed by atoms with Gasteiger partial charge >= 0.3 is 0 Å². The summed E-state index contributed by atoms with van der Waals surface area (Å²) in [4.78, 5) is 0. The van der Waals surface area contributed by atoms with E-state index in [1.807, 2.05) is 6.20 Å². The summed E-state index contributed by atoms with van der Waals surface area (Å²) in [5.74, 6) is 0.758. The van der Waals surface area contributed by atoms with Crippen molar-refractivity contribution in [1.82, 2.24) is 15.1 Å². The lowest BCUT2D eigenvalue weighted by molar-refractivity contribution is 0.402. The highest BCUT2D eigenvalue weighted by Crippen LogP contribution is 2.22. The number of nitrogens with one attached hydrogen (secondary N) is 1. The van der Waals surface area contributed by atoms with Crippen LogP contribution in [0.3, 0.4) is 0 Å². The third-order valence-corrected chi connectivity index (χ3v) is 3.48. The van der Waals surface area contributed by atoms with Gasteiger partial charge in [0.15, 0.2) is 0 Å². The number of hydrogen-bond donors (Lipinski definition) is 1. The van der Waals surface area contributed by atoms with Gasteiger partial charge in [0.2, 0.25) is 0 Å². The molecule has 104 valence electrons. The van der Waals surface area contributed by atoms with Gasteiger partial charge < -0.3 is 5.32 Å². The Morgan fingerprint density at radius 2 is 2.06 bits per heavy atom. The zero-order valence-electron chi connectivity index (χ0n) is 12.4. The average Bonchev–Trinajstić information content (AvgIpc) is 2.83. The third kappa shape index (κ3) is 4.81. The molecule has 0 fully saturated rings. The van der Waals surface area contributed by atoms with Crippen LogP contribution >= 0.6 is 0 Å². The van der Waals surface area contributed by atoms with Gasteiger partial charge in [-0.1, -0.05) is 34.1 Å². The number of hydrogen-bond acceptors (Lipinski definition) is 2. The summed E-state index contributed by atoms with van der Waals surface area (Å²) in [6.07, 6.45) is 9.01. The van der Waals surface area contributed by atoms with Crippen LogP contribution in [-0.4, -0.2) is 16.3 Å². The van der Waals surface area contributed by atoms with Gasteiger partial charge in [-0.15, -0.1) is 0 Å². The summed E-state index contributed by atoms with van der Waals surface area (Å²) in [6, 6.07) is 0.463. The van der Waals surface area contributed by atoms with E-state index < -0.39 is 0 Å². The first-order valence-corrected chi connectivity index (χ1v) is 7.46. The Balaban J connectivity index is 2.66. The summed E-state index contributed by atoms with van der Waals surface area (Å²) in [5, 5.41) is 8.10. The molecule has 0 aromatic carbocycles. The molecule has 18 heavy (non-hydrogen) atoms. The topological polar surface area (TPSA) is 29.9 Å². The molecule has 3 nitrogen and oxygen atoms in total. The molecular formula is C15H29N3. The molecule has 0 aliphatic heterocycles. The molecule has 3 heteroatoms. The highest BCUT2D eigenvalue weighted by atomic mass is 15.3. The maximum Gasteiger partial charge on any atom is 0.0537 e. The van der Waals surface area contributed by atoms with Crippen LogP contribution in [0, 0.1) is 5.92 Å². The molecule has 0 spiro atoms. The van der Waals surface area contributed by atoms with Gasteiger partial charge in [0.05, 0.1) is 6.20 Å². The molecule has 2 atom stereocenters. The Hall–Kier alpha value is -0.830. The van der Waals surface area contributed by atoms with Crippen LogP contribution in [0.5, 0.6) is 0 Å². The van der Waals surface area contributed by atoms with Crippen LogP contribution in [0.1, 0.15) is 65.0 Å². The van der Waals surface area contributed by atoms with Crippen LogP contribution < -0.4 is 5.32 Å². The van der Waals surface area contributed by atoms with Gasteiger partial charge in [0.25, 0.3) is 0 Å². The molecule has 0 amide bonds. The minimum atomic E-state index is 0.463. The lowest BCUT2D eigenvalue weighted by Crippen LogP contribution is -2.23. The van der Waals surface area contributed by atoms with Gasteiger partial charge in [0.1, 0.15) is 0 Å². The molecule has 0 radical (unpaired) electrons. The van der Waals surface area contributed by atoms with Gasteiger partial charge in [-0.05, 0) is 31.7 Å². The Bertz CT molecular complexity index is 319. The lowest BCUT2D eigenvalue weighted by atomic mass is 9.96. The molecule has 1 N–H and O–H groups in total. The van der Waals surface area contributed by atoms with E-state index in [4.69, 9.17) is 0 Å². The van der Waals surface area contributed by atoms with Crippen LogP contribution in [0.2, 0.25) is 0 Å². The van der Waals surface area contributed by atoms with Gasteiger partial charge in [-0.3, -0.25) is 4.68 Å². The van der Waals surface area contributed by atoms with Crippen LogP contribution in [0.25, 0.3) is 0 Å². The quantitative estimate of drug-likeness (QED) is 0.724. The first-order chi connectivity index (χ1) is 8.71. The van der Waals surface area contributed by atoms with Crippen molar-refractivity contribution in [3.8, 4) is 0 Å². The predicted octanol–water partition coefficient (Wildman–Crippen LogP) is 3.77. The van der Waals surface area contributed by atoms with E-state index in [1.165, 1.54) is 24.8 Å². The van der Waals surface area contributed by atoms with E-state index in [9.17, 15) is 0 Å². The smallest absolute Gasteiger partial charge is 0.0537 e. The maximum atomic E-state index is 4.44. The van der Waals surface area contributed by atoms with E-state index in [0.717, 1.165) is 25.4 Å². The van der Waals surface area contributed by atoms with Crippen LogP contribution in [0.15, 0.2) is 12.4 Å². The number of nitrogens with zero attached hydrogens (tertiary/aromatic N) is 2. The largest absolute Gasteiger partial charge is 0.310 e. The monoisotopic (exact) mass is 251 g/mol. The van der Waals surface area contributed by atoms with Crippen LogP contribution in [0.4, 0.5) is 0 Å². The zero-order valence-corrected chi connectivity index (χ0v) is 12.4. The molecule has 0 saturated heterocycles. The minimum absolute atomic E-state index is 0.463. The van der Waals surface area contributed by atoms with Crippen molar-refractivity contribution in [3.05, 3.63) is 18.0 Å². The van der Waals surface area contributed by atoms with Crippen molar-refractivity contribution in [1.29, 1.82) is 0 Å². The first-order valence-electron chi connectivity index (χ1n) is 7.46. The fourth-order valence-electron chi connectivity index (χ4n) is 2.14. The Morgan fingerprint density at radius 3 is 2.67 bits per heavy atom. The fourth-order valence-corrected chi connectivity index (χ4v) is 2.14. The minimum Gasteiger partial charge on any atom is -0.310 e. The van der Waals surface area contributed by atoms with E-state index in [-0.39, 0.29) is 0 Å². The number of aryl methyl sites for hydroxylation is 1. The average molecular weight is 251 g/mol.